The Kier molecular flexibility index (Phi) is 4.30. The molecule has 0 saturated heterocycles. The van der Waals surface area contributed by atoms with Gasteiger partial charge < -0.3 is 4.74 Å². The highest BCUT2D eigenvalue weighted by atomic mass is 32.2. The molecule has 0 saturated carbocycles. The monoisotopic (exact) mass is 298 g/mol. The van der Waals surface area contributed by atoms with Crippen molar-refractivity contribution in [2.45, 2.75) is 33.2 Å². The van der Waals surface area contributed by atoms with Crippen LogP contribution in [0.2, 0.25) is 0 Å². The Bertz CT molecular complexity index is 510. The molecule has 2 rings (SSSR count). The van der Waals surface area contributed by atoms with E-state index in [2.05, 4.69) is 25.8 Å². The summed E-state index contributed by atoms with van der Waals surface area (Å²) in [5.41, 5.74) is 0.0842. The van der Waals surface area contributed by atoms with Crippen molar-refractivity contribution in [3.05, 3.63) is 16.1 Å². The van der Waals surface area contributed by atoms with Crippen LogP contribution in [0.3, 0.4) is 0 Å². The van der Waals surface area contributed by atoms with E-state index < -0.39 is 0 Å². The van der Waals surface area contributed by atoms with Crippen LogP contribution in [-0.2, 0) is 10.3 Å². The molecule has 4 nitrogen and oxygen atoms in total. The Labute approximate surface area is 121 Å². The number of rotatable bonds is 4. The van der Waals surface area contributed by atoms with Crippen LogP contribution in [0.1, 0.15) is 43.2 Å². The summed E-state index contributed by atoms with van der Waals surface area (Å²) in [6, 6.07) is 0. The molecule has 0 unspecified atom stereocenters. The highest BCUT2D eigenvalue weighted by molar-refractivity contribution is 8.14. The van der Waals surface area contributed by atoms with Crippen LogP contribution in [0.15, 0.2) is 10.4 Å². The van der Waals surface area contributed by atoms with E-state index in [1.807, 2.05) is 0 Å². The Morgan fingerprint density at radius 2 is 2.32 bits per heavy atom. The van der Waals surface area contributed by atoms with Gasteiger partial charge in [0.25, 0.3) is 0 Å². The van der Waals surface area contributed by atoms with Gasteiger partial charge in [-0.25, -0.2) is 9.78 Å². The number of aromatic nitrogens is 1. The minimum atomic E-state index is -0.354. The molecule has 0 bridgehead atoms. The minimum absolute atomic E-state index is 0.306. The van der Waals surface area contributed by atoms with Crippen molar-refractivity contribution < 1.29 is 9.53 Å². The number of thiazole rings is 1. The van der Waals surface area contributed by atoms with Crippen LogP contribution < -0.4 is 0 Å². The van der Waals surface area contributed by atoms with Gasteiger partial charge in [0.15, 0.2) is 5.69 Å². The van der Waals surface area contributed by atoms with Crippen LogP contribution in [0.5, 0.6) is 0 Å². The van der Waals surface area contributed by atoms with Crippen molar-refractivity contribution in [1.29, 1.82) is 0 Å². The smallest absolute Gasteiger partial charge is 0.357 e. The molecule has 0 amide bonds. The fraction of sp³-hybridized carbons (Fsp3) is 0.615. The van der Waals surface area contributed by atoms with Gasteiger partial charge in [-0.1, -0.05) is 13.8 Å². The van der Waals surface area contributed by atoms with E-state index in [4.69, 9.17) is 9.73 Å². The first-order valence-electron chi connectivity index (χ1n) is 6.32. The molecule has 1 aliphatic rings. The number of carbonyl (C=O) groups excluding carboxylic acids is 1. The molecule has 0 fully saturated rings. The first kappa shape index (κ1) is 14.5. The Balaban J connectivity index is 2.21. The molecule has 0 aliphatic carbocycles. The van der Waals surface area contributed by atoms with Gasteiger partial charge in [0, 0.05) is 17.1 Å². The fourth-order valence-electron chi connectivity index (χ4n) is 1.75. The summed E-state index contributed by atoms with van der Waals surface area (Å²) >= 11 is 3.26. The molecule has 104 valence electrons. The predicted octanol–water partition coefficient (Wildman–Crippen LogP) is 3.34. The van der Waals surface area contributed by atoms with Crippen LogP contribution in [0, 0.1) is 5.92 Å². The van der Waals surface area contributed by atoms with Gasteiger partial charge in [0.2, 0.25) is 0 Å². The lowest BCUT2D eigenvalue weighted by Gasteiger charge is -2.15. The van der Waals surface area contributed by atoms with Gasteiger partial charge in [-0.05, 0) is 13.8 Å². The van der Waals surface area contributed by atoms with Crippen molar-refractivity contribution in [3.63, 3.8) is 0 Å². The van der Waals surface area contributed by atoms with Crippen molar-refractivity contribution in [1.82, 2.24) is 4.98 Å². The van der Waals surface area contributed by atoms with E-state index in [0.717, 1.165) is 15.8 Å². The van der Waals surface area contributed by atoms with Crippen molar-refractivity contribution in [2.24, 2.45) is 10.9 Å². The number of nitrogens with zero attached hydrogens (tertiary/aromatic N) is 2. The van der Waals surface area contributed by atoms with E-state index in [9.17, 15) is 4.79 Å². The third-order valence-electron chi connectivity index (χ3n) is 2.80. The SMILES string of the molecule is CCOC(=O)c1csc([C@@]2(C)CSC(C(C)C)=N2)n1. The molecule has 1 atom stereocenters. The van der Waals surface area contributed by atoms with Gasteiger partial charge in [-0.3, -0.25) is 4.99 Å². The molecule has 6 heteroatoms. The molecule has 0 radical (unpaired) electrons. The summed E-state index contributed by atoms with van der Waals surface area (Å²) in [7, 11) is 0. The summed E-state index contributed by atoms with van der Waals surface area (Å²) < 4.78 is 4.96. The summed E-state index contributed by atoms with van der Waals surface area (Å²) in [6.45, 7) is 8.52. The number of esters is 1. The predicted molar refractivity (Wildman–Crippen MR) is 80.2 cm³/mol. The van der Waals surface area contributed by atoms with Gasteiger partial charge >= 0.3 is 5.97 Å². The van der Waals surface area contributed by atoms with Crippen molar-refractivity contribution in [2.75, 3.05) is 12.4 Å². The van der Waals surface area contributed by atoms with E-state index in [-0.39, 0.29) is 11.5 Å². The van der Waals surface area contributed by atoms with Crippen LogP contribution in [0.25, 0.3) is 0 Å². The number of ether oxygens (including phenoxy) is 1. The number of carbonyl (C=O) groups is 1. The molecule has 1 aromatic heterocycles. The average molecular weight is 298 g/mol. The number of hydrogen-bond acceptors (Lipinski definition) is 6. The molecule has 0 N–H and O–H groups in total. The molecule has 1 aliphatic heterocycles. The second-order valence-corrected chi connectivity index (χ2v) is 6.78. The largest absolute Gasteiger partial charge is 0.461 e. The van der Waals surface area contributed by atoms with E-state index in [1.165, 1.54) is 11.3 Å². The normalized spacial score (nSPS) is 22.7. The zero-order valence-electron chi connectivity index (χ0n) is 11.6. The Morgan fingerprint density at radius 3 is 2.89 bits per heavy atom. The van der Waals surface area contributed by atoms with E-state index in [1.54, 1.807) is 24.1 Å². The lowest BCUT2D eigenvalue weighted by Crippen LogP contribution is -2.19. The quantitative estimate of drug-likeness (QED) is 0.800. The maximum Gasteiger partial charge on any atom is 0.357 e. The van der Waals surface area contributed by atoms with Crippen LogP contribution in [-0.4, -0.2) is 28.4 Å². The standard InChI is InChI=1S/C13H18N2O2S2/c1-5-17-11(16)9-6-18-12(14-9)13(4)7-19-10(15-13)8(2)3/h6,8H,5,7H2,1-4H3/t13-/m1/s1. The number of thioether (sulfide) groups is 1. The second kappa shape index (κ2) is 5.63. The van der Waals surface area contributed by atoms with Gasteiger partial charge in [-0.15, -0.1) is 23.1 Å². The summed E-state index contributed by atoms with van der Waals surface area (Å²) in [5.74, 6) is 0.972. The van der Waals surface area contributed by atoms with Gasteiger partial charge in [0.05, 0.1) is 11.7 Å². The molecular weight excluding hydrogens is 280 g/mol. The van der Waals surface area contributed by atoms with Crippen molar-refractivity contribution >= 4 is 34.1 Å². The summed E-state index contributed by atoms with van der Waals surface area (Å²) in [5, 5.41) is 3.81. The van der Waals surface area contributed by atoms with E-state index >= 15 is 0 Å². The molecular formula is C13H18N2O2S2. The van der Waals surface area contributed by atoms with Crippen LogP contribution >= 0.6 is 23.1 Å². The Morgan fingerprint density at radius 1 is 1.58 bits per heavy atom. The molecule has 0 aromatic carbocycles. The van der Waals surface area contributed by atoms with Gasteiger partial charge in [-0.2, -0.15) is 0 Å². The van der Waals surface area contributed by atoms with E-state index in [0.29, 0.717) is 18.2 Å². The zero-order chi connectivity index (χ0) is 14.0. The van der Waals surface area contributed by atoms with Gasteiger partial charge in [0.1, 0.15) is 10.5 Å². The highest BCUT2D eigenvalue weighted by Gasteiger charge is 2.36. The molecule has 19 heavy (non-hydrogen) atoms. The molecule has 0 spiro atoms. The third-order valence-corrected chi connectivity index (χ3v) is 5.46. The fourth-order valence-corrected chi connectivity index (χ4v) is 3.96. The van der Waals surface area contributed by atoms with Crippen molar-refractivity contribution in [3.8, 4) is 0 Å². The molecule has 1 aromatic rings. The Hall–Kier alpha value is -0.880. The summed E-state index contributed by atoms with van der Waals surface area (Å²) in [4.78, 5) is 20.8. The lowest BCUT2D eigenvalue weighted by molar-refractivity contribution is 0.0520. The number of aliphatic imine (C=N–C) groups is 1. The average Bonchev–Trinajstić information content (AvgIpc) is 2.96. The molecule has 2 heterocycles. The number of hydrogen-bond donors (Lipinski definition) is 0. The topological polar surface area (TPSA) is 51.5 Å². The maximum absolute atomic E-state index is 11.6. The lowest BCUT2D eigenvalue weighted by atomic mass is 10.1. The maximum atomic E-state index is 11.6. The minimum Gasteiger partial charge on any atom is -0.461 e. The van der Waals surface area contributed by atoms with Crippen LogP contribution in [0.4, 0.5) is 0 Å². The highest BCUT2D eigenvalue weighted by Crippen LogP contribution is 2.39. The third kappa shape index (κ3) is 3.00. The first-order chi connectivity index (χ1) is 8.96. The first-order valence-corrected chi connectivity index (χ1v) is 8.18. The summed E-state index contributed by atoms with van der Waals surface area (Å²) in [6.07, 6.45) is 0. The second-order valence-electron chi connectivity index (χ2n) is 4.93. The zero-order valence-corrected chi connectivity index (χ0v) is 13.2.